The first-order chi connectivity index (χ1) is 31.6. The molecule has 0 aliphatic carbocycles. The van der Waals surface area contributed by atoms with Crippen molar-refractivity contribution in [2.24, 2.45) is 0 Å². The van der Waals surface area contributed by atoms with Crippen LogP contribution in [0.25, 0.3) is 104 Å². The Balaban J connectivity index is 1.22. The quantitative estimate of drug-likeness (QED) is 0.148. The third-order valence-corrected chi connectivity index (χ3v) is 12.8. The van der Waals surface area contributed by atoms with Crippen LogP contribution in [0.15, 0.2) is 188 Å². The summed E-state index contributed by atoms with van der Waals surface area (Å²) in [6.45, 7) is 14.6. The lowest BCUT2D eigenvalue weighted by Crippen LogP contribution is -2.05. The summed E-state index contributed by atoms with van der Waals surface area (Å²) in [4.78, 5) is 4.20. The number of halogens is 3. The summed E-state index contributed by atoms with van der Waals surface area (Å²) in [6, 6.07) is 62.8. The Morgan fingerprint density at radius 2 is 0.938 bits per heavy atom. The maximum atomic E-state index is 14.0. The molecular weight excluding hydrogens is 808 g/mol. The second kappa shape index (κ2) is 15.3. The fourth-order valence-corrected chi connectivity index (χ4v) is 9.82. The Kier molecular flexibility index (Phi) is 9.34. The zero-order valence-electron chi connectivity index (χ0n) is 35.9. The minimum atomic E-state index is -4.47. The monoisotopic (exact) mass is 847 g/mol. The Bertz CT molecular complexity index is 3760. The molecule has 2 aromatic heterocycles. The third-order valence-electron chi connectivity index (χ3n) is 12.8. The van der Waals surface area contributed by atoms with Crippen LogP contribution in [0.4, 0.5) is 18.9 Å². The van der Waals surface area contributed by atoms with E-state index in [4.69, 9.17) is 6.57 Å². The molecule has 312 valence electrons. The molecule has 65 heavy (non-hydrogen) atoms. The lowest BCUT2D eigenvalue weighted by atomic mass is 9.92. The van der Waals surface area contributed by atoms with E-state index >= 15 is 0 Å². The van der Waals surface area contributed by atoms with Crippen LogP contribution in [0.2, 0.25) is 0 Å². The van der Waals surface area contributed by atoms with Gasteiger partial charge in [-0.1, -0.05) is 132 Å². The van der Waals surface area contributed by atoms with Crippen LogP contribution in [-0.4, -0.2) is 9.13 Å². The van der Waals surface area contributed by atoms with Crippen LogP contribution in [0.1, 0.15) is 22.3 Å². The molecule has 0 saturated carbocycles. The smallest absolute Gasteiger partial charge is 0.310 e. The van der Waals surface area contributed by atoms with E-state index in [0.29, 0.717) is 16.8 Å². The number of hydrogen-bond donors (Lipinski definition) is 0. The Hall–Kier alpha value is -8.14. The highest BCUT2D eigenvalue weighted by Crippen LogP contribution is 2.47. The number of fused-ring (bicyclic) bond motifs is 6. The summed E-state index contributed by atoms with van der Waals surface area (Å²) in [6.07, 6.45) is -4.47. The number of aryl methyl sites for hydroxylation is 3. The highest BCUT2D eigenvalue weighted by atomic mass is 19.4. The second-order valence-corrected chi connectivity index (χ2v) is 17.0. The van der Waals surface area contributed by atoms with E-state index in [0.717, 1.165) is 100.0 Å². The van der Waals surface area contributed by atoms with Gasteiger partial charge in [0.25, 0.3) is 0 Å². The van der Waals surface area contributed by atoms with Crippen molar-refractivity contribution in [3.8, 4) is 55.9 Å². The molecule has 0 spiro atoms. The number of para-hydroxylation sites is 2. The van der Waals surface area contributed by atoms with Crippen molar-refractivity contribution in [3.05, 3.63) is 222 Å². The van der Waals surface area contributed by atoms with E-state index in [1.165, 1.54) is 17.2 Å². The van der Waals surface area contributed by atoms with Gasteiger partial charge in [0.1, 0.15) is 0 Å². The van der Waals surface area contributed by atoms with Crippen LogP contribution in [0.3, 0.4) is 0 Å². The predicted molar refractivity (Wildman–Crippen MR) is 262 cm³/mol. The van der Waals surface area contributed by atoms with Gasteiger partial charge in [0.05, 0.1) is 39.9 Å². The molecule has 0 radical (unpaired) electrons. The zero-order chi connectivity index (χ0) is 44.6. The van der Waals surface area contributed by atoms with Crippen LogP contribution < -0.4 is 0 Å². The summed E-state index contributed by atoms with van der Waals surface area (Å²) < 4.78 is 46.4. The van der Waals surface area contributed by atoms with Gasteiger partial charge in [0.2, 0.25) is 0 Å². The summed E-state index contributed by atoms with van der Waals surface area (Å²) in [7, 11) is 0. The van der Waals surface area contributed by atoms with Crippen LogP contribution in [0, 0.1) is 27.3 Å². The summed E-state index contributed by atoms with van der Waals surface area (Å²) in [5, 5.41) is 4.33. The first kappa shape index (κ1) is 39.7. The first-order valence-electron chi connectivity index (χ1n) is 21.6. The standard InChI is InChI=1S/C59H40F3N3/c1-36-12-9-14-39(30-36)41-22-27-54-48(33-41)46-16-5-7-19-52(46)64(54)56-29-24-43(45-26-25-44(32-38(45)3)59(60,61)62)35-50(56)58-51(63-4)18-11-21-57(58)65-53-20-8-6-17-47(53)49-34-42(23-28-55(49)65)40-15-10-13-37(2)31-40/h5-35H,1-3H3. The van der Waals surface area contributed by atoms with Gasteiger partial charge in [0.15, 0.2) is 5.69 Å². The number of benzene rings is 9. The van der Waals surface area contributed by atoms with Crippen LogP contribution in [-0.2, 0) is 6.18 Å². The Labute approximate surface area is 374 Å². The molecule has 0 saturated heterocycles. The SMILES string of the molecule is [C-]#[N+]c1cccc(-n2c3ccccc3c3cc(-c4cccc(C)c4)ccc32)c1-c1cc(-c2ccc(C(F)(F)F)cc2C)ccc1-n1c2ccccc2c2cc(-c3cccc(C)c3)ccc21. The fraction of sp³-hybridized carbons (Fsp3) is 0.0678. The molecule has 0 unspecified atom stereocenters. The van der Waals surface area contributed by atoms with Crippen molar-refractivity contribution in [3.63, 3.8) is 0 Å². The molecule has 0 fully saturated rings. The lowest BCUT2D eigenvalue weighted by Gasteiger charge is -2.21. The molecule has 6 heteroatoms. The molecule has 11 rings (SSSR count). The minimum absolute atomic E-state index is 0.454. The van der Waals surface area contributed by atoms with Gasteiger partial charge >= 0.3 is 6.18 Å². The molecule has 0 amide bonds. The fourth-order valence-electron chi connectivity index (χ4n) is 9.82. The number of alkyl halides is 3. The number of hydrogen-bond acceptors (Lipinski definition) is 0. The van der Waals surface area contributed by atoms with E-state index in [9.17, 15) is 13.2 Å². The first-order valence-corrected chi connectivity index (χ1v) is 21.6. The Morgan fingerprint density at radius 3 is 1.49 bits per heavy atom. The molecular formula is C59H40F3N3. The highest BCUT2D eigenvalue weighted by Gasteiger charge is 2.31. The number of aromatic nitrogens is 2. The molecule has 3 nitrogen and oxygen atoms in total. The largest absolute Gasteiger partial charge is 0.416 e. The third kappa shape index (κ3) is 6.67. The molecule has 0 atom stereocenters. The van der Waals surface area contributed by atoms with Gasteiger partial charge in [-0.05, 0) is 132 Å². The molecule has 0 bridgehead atoms. The molecule has 0 aliphatic rings. The molecule has 0 N–H and O–H groups in total. The van der Waals surface area contributed by atoms with Crippen molar-refractivity contribution in [1.29, 1.82) is 0 Å². The average molecular weight is 848 g/mol. The average Bonchev–Trinajstić information content (AvgIpc) is 3.83. The van der Waals surface area contributed by atoms with Gasteiger partial charge in [-0.15, -0.1) is 0 Å². The van der Waals surface area contributed by atoms with Crippen molar-refractivity contribution >= 4 is 49.3 Å². The Morgan fingerprint density at radius 1 is 0.415 bits per heavy atom. The zero-order valence-corrected chi connectivity index (χ0v) is 35.9. The van der Waals surface area contributed by atoms with E-state index in [-0.39, 0.29) is 0 Å². The predicted octanol–water partition coefficient (Wildman–Crippen LogP) is 17.0. The van der Waals surface area contributed by atoms with Gasteiger partial charge in [-0.25, -0.2) is 4.85 Å². The normalized spacial score (nSPS) is 11.8. The molecule has 0 aliphatic heterocycles. The van der Waals surface area contributed by atoms with E-state index in [2.05, 4.69) is 167 Å². The molecule has 9 aromatic carbocycles. The highest BCUT2D eigenvalue weighted by molar-refractivity contribution is 6.13. The van der Waals surface area contributed by atoms with Gasteiger partial charge in [-0.2, -0.15) is 13.2 Å². The van der Waals surface area contributed by atoms with E-state index in [1.807, 2.05) is 30.3 Å². The number of nitrogens with zero attached hydrogens (tertiary/aromatic N) is 3. The second-order valence-electron chi connectivity index (χ2n) is 17.0. The van der Waals surface area contributed by atoms with Gasteiger partial charge in [0, 0.05) is 32.8 Å². The summed E-state index contributed by atoms with van der Waals surface area (Å²) >= 11 is 0. The van der Waals surface area contributed by atoms with Gasteiger partial charge < -0.3 is 9.13 Å². The van der Waals surface area contributed by atoms with E-state index < -0.39 is 11.7 Å². The maximum absolute atomic E-state index is 14.0. The van der Waals surface area contributed by atoms with E-state index in [1.54, 1.807) is 13.0 Å². The topological polar surface area (TPSA) is 14.2 Å². The maximum Gasteiger partial charge on any atom is 0.416 e. The van der Waals surface area contributed by atoms with Crippen molar-refractivity contribution in [2.75, 3.05) is 0 Å². The van der Waals surface area contributed by atoms with Crippen molar-refractivity contribution in [2.45, 2.75) is 26.9 Å². The molecule has 11 aromatic rings. The number of rotatable bonds is 6. The summed E-state index contributed by atoms with van der Waals surface area (Å²) in [5.41, 5.74) is 15.7. The summed E-state index contributed by atoms with van der Waals surface area (Å²) in [5.74, 6) is 0. The van der Waals surface area contributed by atoms with Crippen molar-refractivity contribution < 1.29 is 13.2 Å². The van der Waals surface area contributed by atoms with Crippen LogP contribution in [0.5, 0.6) is 0 Å². The van der Waals surface area contributed by atoms with Crippen LogP contribution >= 0.6 is 0 Å². The van der Waals surface area contributed by atoms with Gasteiger partial charge in [-0.3, -0.25) is 0 Å². The molecule has 2 heterocycles. The minimum Gasteiger partial charge on any atom is -0.310 e. The van der Waals surface area contributed by atoms with Crippen molar-refractivity contribution in [1.82, 2.24) is 9.13 Å². The lowest BCUT2D eigenvalue weighted by molar-refractivity contribution is -0.137.